The molecule has 2 aromatic carbocycles. The van der Waals surface area contributed by atoms with Crippen LogP contribution in [0.1, 0.15) is 5.56 Å². The van der Waals surface area contributed by atoms with Crippen LogP contribution in [0.15, 0.2) is 34.8 Å². The Balaban J connectivity index is 2.17. The molecular formula is C15H15BrClNO3. The van der Waals surface area contributed by atoms with Crippen LogP contribution in [0.25, 0.3) is 0 Å². The van der Waals surface area contributed by atoms with E-state index in [9.17, 15) is 5.11 Å². The van der Waals surface area contributed by atoms with Crippen molar-refractivity contribution in [3.63, 3.8) is 0 Å². The van der Waals surface area contributed by atoms with Crippen LogP contribution < -0.4 is 14.8 Å². The van der Waals surface area contributed by atoms with Crippen molar-refractivity contribution in [2.24, 2.45) is 0 Å². The van der Waals surface area contributed by atoms with Crippen molar-refractivity contribution in [2.75, 3.05) is 19.5 Å². The van der Waals surface area contributed by atoms with Gasteiger partial charge in [0.1, 0.15) is 0 Å². The summed E-state index contributed by atoms with van der Waals surface area (Å²) in [7, 11) is 3.00. The van der Waals surface area contributed by atoms with Crippen LogP contribution in [0, 0.1) is 0 Å². The lowest BCUT2D eigenvalue weighted by Crippen LogP contribution is -2.01. The molecule has 0 radical (unpaired) electrons. The summed E-state index contributed by atoms with van der Waals surface area (Å²) < 4.78 is 11.1. The molecule has 6 heteroatoms. The van der Waals surface area contributed by atoms with Gasteiger partial charge >= 0.3 is 0 Å². The summed E-state index contributed by atoms with van der Waals surface area (Å²) in [5.41, 5.74) is 1.85. The molecule has 0 spiro atoms. The van der Waals surface area contributed by atoms with E-state index in [0.29, 0.717) is 23.1 Å². The molecule has 0 aliphatic rings. The standard InChI is InChI=1S/C15H15BrClNO3/c1-20-13-5-9(6-14(21-2)15(13)19)8-18-10-3-4-12(17)11(16)7-10/h3-7,18-19H,8H2,1-2H3. The molecule has 21 heavy (non-hydrogen) atoms. The highest BCUT2D eigenvalue weighted by Crippen LogP contribution is 2.37. The normalized spacial score (nSPS) is 10.3. The number of phenolic OH excluding ortho intramolecular Hbond substituents is 1. The van der Waals surface area contributed by atoms with Gasteiger partial charge in [-0.1, -0.05) is 11.6 Å². The number of aromatic hydroxyl groups is 1. The Hall–Kier alpha value is -1.59. The Morgan fingerprint density at radius 3 is 2.29 bits per heavy atom. The zero-order chi connectivity index (χ0) is 15.4. The maximum absolute atomic E-state index is 9.87. The van der Waals surface area contributed by atoms with Gasteiger partial charge in [-0.05, 0) is 51.8 Å². The third kappa shape index (κ3) is 3.74. The van der Waals surface area contributed by atoms with E-state index >= 15 is 0 Å². The minimum absolute atomic E-state index is 0.00186. The molecule has 0 amide bonds. The molecule has 0 aliphatic carbocycles. The van der Waals surface area contributed by atoms with Crippen LogP contribution in [-0.4, -0.2) is 19.3 Å². The summed E-state index contributed by atoms with van der Waals surface area (Å²) in [6, 6.07) is 9.12. The molecule has 0 fully saturated rings. The molecule has 0 aromatic heterocycles. The Bertz CT molecular complexity index is 624. The second kappa shape index (κ2) is 6.91. The number of phenols is 1. The van der Waals surface area contributed by atoms with E-state index < -0.39 is 0 Å². The van der Waals surface area contributed by atoms with Gasteiger partial charge in [0.2, 0.25) is 5.75 Å². The molecule has 0 heterocycles. The fourth-order valence-electron chi connectivity index (χ4n) is 1.86. The Morgan fingerprint density at radius 2 is 1.76 bits per heavy atom. The van der Waals surface area contributed by atoms with Crippen LogP contribution in [0.5, 0.6) is 17.2 Å². The summed E-state index contributed by atoms with van der Waals surface area (Å²) in [4.78, 5) is 0. The van der Waals surface area contributed by atoms with Crippen LogP contribution in [0.2, 0.25) is 5.02 Å². The maximum Gasteiger partial charge on any atom is 0.200 e. The van der Waals surface area contributed by atoms with E-state index in [4.69, 9.17) is 21.1 Å². The minimum Gasteiger partial charge on any atom is -0.502 e. The van der Waals surface area contributed by atoms with Gasteiger partial charge in [-0.3, -0.25) is 0 Å². The average Bonchev–Trinajstić information content (AvgIpc) is 2.49. The highest BCUT2D eigenvalue weighted by Gasteiger charge is 2.11. The summed E-state index contributed by atoms with van der Waals surface area (Å²) in [5, 5.41) is 13.8. The van der Waals surface area contributed by atoms with Gasteiger partial charge in [0.25, 0.3) is 0 Å². The first-order valence-corrected chi connectivity index (χ1v) is 7.35. The Kier molecular flexibility index (Phi) is 5.20. The molecule has 0 unspecified atom stereocenters. The lowest BCUT2D eigenvalue weighted by molar-refractivity contribution is 0.339. The SMILES string of the molecule is COc1cc(CNc2ccc(Cl)c(Br)c2)cc(OC)c1O. The zero-order valence-electron chi connectivity index (χ0n) is 11.6. The molecule has 0 saturated heterocycles. The molecule has 0 atom stereocenters. The van der Waals surface area contributed by atoms with Gasteiger partial charge in [-0.2, -0.15) is 0 Å². The van der Waals surface area contributed by atoms with Gasteiger partial charge < -0.3 is 19.9 Å². The number of nitrogens with one attached hydrogen (secondary N) is 1. The van der Waals surface area contributed by atoms with Crippen LogP contribution in [-0.2, 0) is 6.54 Å². The summed E-state index contributed by atoms with van der Waals surface area (Å²) in [5.74, 6) is 0.755. The molecule has 0 aliphatic heterocycles. The van der Waals surface area contributed by atoms with Crippen molar-refractivity contribution < 1.29 is 14.6 Å². The minimum atomic E-state index is -0.00186. The van der Waals surface area contributed by atoms with Crippen LogP contribution >= 0.6 is 27.5 Å². The largest absolute Gasteiger partial charge is 0.502 e. The Morgan fingerprint density at radius 1 is 1.14 bits per heavy atom. The number of anilines is 1. The number of hydrogen-bond acceptors (Lipinski definition) is 4. The maximum atomic E-state index is 9.87. The van der Waals surface area contributed by atoms with Crippen molar-refractivity contribution in [1.82, 2.24) is 0 Å². The smallest absolute Gasteiger partial charge is 0.200 e. The highest BCUT2D eigenvalue weighted by atomic mass is 79.9. The van der Waals surface area contributed by atoms with Crippen molar-refractivity contribution in [2.45, 2.75) is 6.54 Å². The topological polar surface area (TPSA) is 50.7 Å². The number of methoxy groups -OCH3 is 2. The first-order valence-electron chi connectivity index (χ1n) is 6.18. The lowest BCUT2D eigenvalue weighted by atomic mass is 10.1. The molecule has 2 aromatic rings. The highest BCUT2D eigenvalue weighted by molar-refractivity contribution is 9.10. The average molecular weight is 373 g/mol. The fraction of sp³-hybridized carbons (Fsp3) is 0.200. The lowest BCUT2D eigenvalue weighted by Gasteiger charge is -2.12. The van der Waals surface area contributed by atoms with E-state index in [1.165, 1.54) is 14.2 Å². The molecule has 2 N–H and O–H groups in total. The monoisotopic (exact) mass is 371 g/mol. The number of halogens is 2. The Labute approximate surface area is 136 Å². The molecule has 2 rings (SSSR count). The zero-order valence-corrected chi connectivity index (χ0v) is 14.0. The second-order valence-electron chi connectivity index (χ2n) is 4.33. The van der Waals surface area contributed by atoms with E-state index in [0.717, 1.165) is 15.7 Å². The third-order valence-electron chi connectivity index (χ3n) is 2.96. The van der Waals surface area contributed by atoms with Gasteiger partial charge in [-0.15, -0.1) is 0 Å². The quantitative estimate of drug-likeness (QED) is 0.815. The summed E-state index contributed by atoms with van der Waals surface area (Å²) >= 11 is 9.34. The van der Waals surface area contributed by atoms with E-state index in [1.54, 1.807) is 12.1 Å². The molecular weight excluding hydrogens is 358 g/mol. The molecule has 0 bridgehead atoms. The molecule has 0 saturated carbocycles. The first-order chi connectivity index (χ1) is 10.0. The van der Waals surface area contributed by atoms with Crippen molar-refractivity contribution in [3.05, 3.63) is 45.4 Å². The predicted molar refractivity (Wildman–Crippen MR) is 87.7 cm³/mol. The van der Waals surface area contributed by atoms with Crippen LogP contribution in [0.3, 0.4) is 0 Å². The van der Waals surface area contributed by atoms with Gasteiger partial charge in [0, 0.05) is 16.7 Å². The van der Waals surface area contributed by atoms with Gasteiger partial charge in [-0.25, -0.2) is 0 Å². The van der Waals surface area contributed by atoms with Gasteiger partial charge in [0.15, 0.2) is 11.5 Å². The van der Waals surface area contributed by atoms with Gasteiger partial charge in [0.05, 0.1) is 19.2 Å². The van der Waals surface area contributed by atoms with Crippen molar-refractivity contribution in [3.8, 4) is 17.2 Å². The van der Waals surface area contributed by atoms with E-state index in [1.807, 2.05) is 18.2 Å². The number of ether oxygens (including phenoxy) is 2. The van der Waals surface area contributed by atoms with Crippen molar-refractivity contribution >= 4 is 33.2 Å². The molecule has 4 nitrogen and oxygen atoms in total. The third-order valence-corrected chi connectivity index (χ3v) is 4.17. The van der Waals surface area contributed by atoms with Crippen molar-refractivity contribution in [1.29, 1.82) is 0 Å². The fourth-order valence-corrected chi connectivity index (χ4v) is 2.36. The van der Waals surface area contributed by atoms with E-state index in [-0.39, 0.29) is 5.75 Å². The summed E-state index contributed by atoms with van der Waals surface area (Å²) in [6.07, 6.45) is 0. The number of hydrogen-bond donors (Lipinski definition) is 2. The second-order valence-corrected chi connectivity index (χ2v) is 5.59. The van der Waals surface area contributed by atoms with Crippen LogP contribution in [0.4, 0.5) is 5.69 Å². The number of rotatable bonds is 5. The molecule has 112 valence electrons. The predicted octanol–water partition coefficient (Wildman–Crippen LogP) is 4.44. The first kappa shape index (κ1) is 15.8. The number of benzene rings is 2. The van der Waals surface area contributed by atoms with E-state index in [2.05, 4.69) is 21.2 Å². The summed E-state index contributed by atoms with van der Waals surface area (Å²) in [6.45, 7) is 0.557.